The minimum absolute atomic E-state index is 0.180. The molecule has 3 aromatic heterocycles. The van der Waals surface area contributed by atoms with Gasteiger partial charge in [-0.25, -0.2) is 4.98 Å². The molecule has 0 saturated carbocycles. The first-order chi connectivity index (χ1) is 13.2. The second-order valence-corrected chi connectivity index (χ2v) is 6.60. The molecule has 0 unspecified atom stereocenters. The molecule has 0 saturated heterocycles. The van der Waals surface area contributed by atoms with Crippen molar-refractivity contribution >= 4 is 45.7 Å². The molecule has 1 amide bonds. The molecule has 0 bridgehead atoms. The van der Waals surface area contributed by atoms with Gasteiger partial charge in [0.25, 0.3) is 5.91 Å². The first-order valence-corrected chi connectivity index (χ1v) is 8.85. The van der Waals surface area contributed by atoms with Crippen molar-refractivity contribution < 1.29 is 9.21 Å². The minimum atomic E-state index is -0.180. The fraction of sp³-hybridized carbons (Fsp3) is 0.0500. The van der Waals surface area contributed by atoms with Crippen LogP contribution >= 0.6 is 12.2 Å². The van der Waals surface area contributed by atoms with E-state index >= 15 is 0 Å². The van der Waals surface area contributed by atoms with E-state index in [0.29, 0.717) is 22.6 Å². The summed E-state index contributed by atoms with van der Waals surface area (Å²) in [6.45, 7) is 0.338. The number of amides is 1. The van der Waals surface area contributed by atoms with Gasteiger partial charge in [-0.1, -0.05) is 12.1 Å². The molecule has 0 aliphatic heterocycles. The van der Waals surface area contributed by atoms with Crippen LogP contribution in [0.25, 0.3) is 27.6 Å². The maximum atomic E-state index is 12.5. The number of fused-ring (bicyclic) bond motifs is 5. The predicted octanol–water partition coefficient (Wildman–Crippen LogP) is 4.22. The van der Waals surface area contributed by atoms with Crippen molar-refractivity contribution in [2.75, 3.05) is 0 Å². The first-order valence-electron chi connectivity index (χ1n) is 8.44. The van der Waals surface area contributed by atoms with E-state index in [1.165, 1.54) is 0 Å². The number of hydrogen-bond donors (Lipinski definition) is 2. The largest absolute Gasteiger partial charge is 0.467 e. The molecule has 5 rings (SSSR count). The lowest BCUT2D eigenvalue weighted by Crippen LogP contribution is -2.22. The number of rotatable bonds is 3. The standard InChI is InChI=1S/C20H14N4O2S/c25-19(21-11-13-4-3-9-26-13)12-7-8-14-16(10-12)23-20(27)24-17-6-2-1-5-15(17)22-18(14)24/h1-10H,11H2,(H,21,25)(H,23,27). The lowest BCUT2D eigenvalue weighted by Gasteiger charge is -2.07. The van der Waals surface area contributed by atoms with Crippen LogP contribution in [0.5, 0.6) is 0 Å². The van der Waals surface area contributed by atoms with Crippen molar-refractivity contribution in [3.05, 3.63) is 77.0 Å². The van der Waals surface area contributed by atoms with Gasteiger partial charge in [-0.3, -0.25) is 9.20 Å². The SMILES string of the molecule is O=C(NCc1ccco1)c1ccc2c(c1)[nH]c(=S)n1c3ccccc3nc21. The number of aromatic nitrogens is 3. The molecule has 132 valence electrons. The van der Waals surface area contributed by atoms with Gasteiger partial charge < -0.3 is 14.7 Å². The molecular weight excluding hydrogens is 360 g/mol. The van der Waals surface area contributed by atoms with Crippen LogP contribution in [0.4, 0.5) is 0 Å². The highest BCUT2D eigenvalue weighted by atomic mass is 32.1. The van der Waals surface area contributed by atoms with Gasteiger partial charge in [-0.05, 0) is 54.7 Å². The van der Waals surface area contributed by atoms with E-state index in [1.54, 1.807) is 24.5 Å². The number of nitrogens with zero attached hydrogens (tertiary/aromatic N) is 2. The zero-order valence-electron chi connectivity index (χ0n) is 14.1. The highest BCUT2D eigenvalue weighted by molar-refractivity contribution is 7.71. The average Bonchev–Trinajstić information content (AvgIpc) is 3.33. The van der Waals surface area contributed by atoms with Gasteiger partial charge >= 0.3 is 0 Å². The van der Waals surface area contributed by atoms with E-state index in [4.69, 9.17) is 21.6 Å². The van der Waals surface area contributed by atoms with Gasteiger partial charge in [-0.2, -0.15) is 0 Å². The molecule has 6 nitrogen and oxygen atoms in total. The van der Waals surface area contributed by atoms with Crippen molar-refractivity contribution in [2.24, 2.45) is 0 Å². The topological polar surface area (TPSA) is 75.3 Å². The molecule has 27 heavy (non-hydrogen) atoms. The number of para-hydroxylation sites is 2. The summed E-state index contributed by atoms with van der Waals surface area (Å²) in [6, 6.07) is 16.9. The molecule has 2 aromatic carbocycles. The molecule has 0 radical (unpaired) electrons. The molecule has 3 heterocycles. The average molecular weight is 374 g/mol. The van der Waals surface area contributed by atoms with Gasteiger partial charge in [0.15, 0.2) is 4.77 Å². The summed E-state index contributed by atoms with van der Waals surface area (Å²) in [5.74, 6) is 0.523. The molecule has 2 N–H and O–H groups in total. The Morgan fingerprint density at radius 2 is 2.07 bits per heavy atom. The fourth-order valence-corrected chi connectivity index (χ4v) is 3.54. The number of carbonyl (C=O) groups excluding carboxylic acids is 1. The van der Waals surface area contributed by atoms with Crippen molar-refractivity contribution in [1.29, 1.82) is 0 Å². The second kappa shape index (κ2) is 6.07. The summed E-state index contributed by atoms with van der Waals surface area (Å²) < 4.78 is 7.70. The Morgan fingerprint density at radius 1 is 1.19 bits per heavy atom. The Balaban J connectivity index is 1.59. The van der Waals surface area contributed by atoms with Crippen LogP contribution in [0.2, 0.25) is 0 Å². The van der Waals surface area contributed by atoms with Crippen LogP contribution in [-0.2, 0) is 6.54 Å². The molecule has 5 aromatic rings. The summed E-state index contributed by atoms with van der Waals surface area (Å²) in [4.78, 5) is 20.4. The van der Waals surface area contributed by atoms with E-state index in [-0.39, 0.29) is 5.91 Å². The molecule has 7 heteroatoms. The zero-order chi connectivity index (χ0) is 18.4. The van der Waals surface area contributed by atoms with Crippen LogP contribution in [-0.4, -0.2) is 20.3 Å². The first kappa shape index (κ1) is 15.8. The van der Waals surface area contributed by atoms with Crippen LogP contribution in [0.1, 0.15) is 16.1 Å². The van der Waals surface area contributed by atoms with Crippen LogP contribution < -0.4 is 5.32 Å². The van der Waals surface area contributed by atoms with Crippen molar-refractivity contribution in [3.63, 3.8) is 0 Å². The quantitative estimate of drug-likeness (QED) is 0.464. The van der Waals surface area contributed by atoms with Crippen molar-refractivity contribution in [1.82, 2.24) is 19.7 Å². The van der Waals surface area contributed by atoms with Gasteiger partial charge in [0.2, 0.25) is 0 Å². The third kappa shape index (κ3) is 2.60. The number of nitrogens with one attached hydrogen (secondary N) is 2. The Labute approximate surface area is 158 Å². The Kier molecular flexibility index (Phi) is 3.54. The second-order valence-electron chi connectivity index (χ2n) is 6.21. The smallest absolute Gasteiger partial charge is 0.251 e. The summed E-state index contributed by atoms with van der Waals surface area (Å²) in [5.41, 5.74) is 3.92. The lowest BCUT2D eigenvalue weighted by atomic mass is 10.1. The number of imidazole rings is 1. The van der Waals surface area contributed by atoms with Gasteiger partial charge in [0, 0.05) is 10.9 Å². The minimum Gasteiger partial charge on any atom is -0.467 e. The van der Waals surface area contributed by atoms with E-state index in [9.17, 15) is 4.79 Å². The van der Waals surface area contributed by atoms with Gasteiger partial charge in [-0.15, -0.1) is 0 Å². The number of hydrogen-bond acceptors (Lipinski definition) is 4. The summed E-state index contributed by atoms with van der Waals surface area (Å²) in [5, 5.41) is 3.75. The van der Waals surface area contributed by atoms with Gasteiger partial charge in [0.05, 0.1) is 29.4 Å². The zero-order valence-corrected chi connectivity index (χ0v) is 14.9. The normalized spacial score (nSPS) is 11.4. The summed E-state index contributed by atoms with van der Waals surface area (Å²) in [6.07, 6.45) is 1.58. The fourth-order valence-electron chi connectivity index (χ4n) is 3.25. The van der Waals surface area contributed by atoms with Crippen molar-refractivity contribution in [3.8, 4) is 0 Å². The number of furan rings is 1. The predicted molar refractivity (Wildman–Crippen MR) is 105 cm³/mol. The Hall–Kier alpha value is -3.45. The van der Waals surface area contributed by atoms with Crippen molar-refractivity contribution in [2.45, 2.75) is 6.54 Å². The molecule has 0 aliphatic carbocycles. The molecule has 0 atom stereocenters. The summed E-state index contributed by atoms with van der Waals surface area (Å²) in [7, 11) is 0. The van der Waals surface area contributed by atoms with E-state index in [1.807, 2.05) is 40.8 Å². The van der Waals surface area contributed by atoms with E-state index < -0.39 is 0 Å². The highest BCUT2D eigenvalue weighted by Gasteiger charge is 2.12. The van der Waals surface area contributed by atoms with Crippen LogP contribution in [0, 0.1) is 4.77 Å². The van der Waals surface area contributed by atoms with E-state index in [0.717, 1.165) is 27.6 Å². The third-order valence-corrected chi connectivity index (χ3v) is 4.82. The third-order valence-electron chi connectivity index (χ3n) is 4.53. The van der Waals surface area contributed by atoms with Gasteiger partial charge in [0.1, 0.15) is 11.4 Å². The number of H-pyrrole nitrogens is 1. The van der Waals surface area contributed by atoms with E-state index in [2.05, 4.69) is 10.3 Å². The number of benzene rings is 2. The molecule has 0 fully saturated rings. The summed E-state index contributed by atoms with van der Waals surface area (Å²) >= 11 is 5.53. The molecule has 0 spiro atoms. The lowest BCUT2D eigenvalue weighted by molar-refractivity contribution is 0.0948. The molecule has 0 aliphatic rings. The van der Waals surface area contributed by atoms with Crippen LogP contribution in [0.15, 0.2) is 65.3 Å². The number of carbonyl (C=O) groups is 1. The highest BCUT2D eigenvalue weighted by Crippen LogP contribution is 2.24. The maximum Gasteiger partial charge on any atom is 0.251 e. The molecular formula is C20H14N4O2S. The maximum absolute atomic E-state index is 12.5. The van der Waals surface area contributed by atoms with Crippen LogP contribution in [0.3, 0.4) is 0 Å². The number of aromatic amines is 1. The monoisotopic (exact) mass is 374 g/mol. The Bertz CT molecular complexity index is 1370. The Morgan fingerprint density at radius 3 is 2.93 bits per heavy atom.